The first-order valence-corrected chi connectivity index (χ1v) is 11.7. The number of carboxylic acid groups (broad SMARTS) is 3. The summed E-state index contributed by atoms with van der Waals surface area (Å²) < 4.78 is 0. The highest BCUT2D eigenvalue weighted by molar-refractivity contribution is 5.90. The van der Waals surface area contributed by atoms with Crippen LogP contribution in [0.3, 0.4) is 0 Å². The van der Waals surface area contributed by atoms with Crippen LogP contribution in [0.2, 0.25) is 0 Å². The van der Waals surface area contributed by atoms with Crippen LogP contribution in [0.1, 0.15) is 18.4 Å². The molecule has 6 N–H and O–H groups in total. The zero-order chi connectivity index (χ0) is 28.9. The van der Waals surface area contributed by atoms with E-state index in [0.717, 1.165) is 0 Å². The molecule has 1 aliphatic rings. The number of carbonyl (C=O) groups excluding carboxylic acids is 3. The summed E-state index contributed by atoms with van der Waals surface area (Å²) in [5, 5.41) is 37.5. The van der Waals surface area contributed by atoms with Crippen LogP contribution in [-0.2, 0) is 25.6 Å². The van der Waals surface area contributed by atoms with E-state index in [0.29, 0.717) is 11.3 Å². The number of urea groups is 2. The van der Waals surface area contributed by atoms with Crippen molar-refractivity contribution in [1.82, 2.24) is 20.4 Å². The van der Waals surface area contributed by atoms with Gasteiger partial charge in [-0.1, -0.05) is 17.2 Å². The molecule has 5 amide bonds. The second-order valence-corrected chi connectivity index (χ2v) is 8.42. The Hall–Kier alpha value is -5.05. The molecule has 39 heavy (non-hydrogen) atoms. The number of carboxylic acids is 3. The molecule has 0 saturated carbocycles. The molecule has 1 aromatic rings. The highest BCUT2D eigenvalue weighted by Gasteiger charge is 2.26. The van der Waals surface area contributed by atoms with E-state index in [1.807, 2.05) is 0 Å². The minimum atomic E-state index is -1.51. The van der Waals surface area contributed by atoms with E-state index in [4.69, 9.17) is 15.7 Å². The minimum absolute atomic E-state index is 0.157. The number of hydrogen-bond donors (Lipinski definition) is 6. The van der Waals surface area contributed by atoms with Gasteiger partial charge in [-0.25, -0.2) is 19.2 Å². The second-order valence-electron chi connectivity index (χ2n) is 8.42. The molecule has 0 aliphatic carbocycles. The molecule has 1 fully saturated rings. The van der Waals surface area contributed by atoms with Crippen molar-refractivity contribution in [2.75, 3.05) is 38.0 Å². The number of piperazine rings is 1. The third-order valence-electron chi connectivity index (χ3n) is 5.69. The van der Waals surface area contributed by atoms with E-state index < -0.39 is 48.5 Å². The van der Waals surface area contributed by atoms with E-state index in [9.17, 15) is 33.9 Å². The zero-order valence-corrected chi connectivity index (χ0v) is 20.6. The lowest BCUT2D eigenvalue weighted by atomic mass is 10.1. The Morgan fingerprint density at radius 1 is 0.897 bits per heavy atom. The monoisotopic (exact) mass is 548 g/mol. The fraction of sp³-hybridized carbons (Fsp3) is 0.455. The zero-order valence-electron chi connectivity index (χ0n) is 20.6. The van der Waals surface area contributed by atoms with Crippen LogP contribution in [0.5, 0.6) is 0 Å². The number of nitrogens with one attached hydrogen (secondary N) is 3. The number of anilines is 1. The van der Waals surface area contributed by atoms with Gasteiger partial charge < -0.3 is 41.1 Å². The Morgan fingerprint density at radius 3 is 2.00 bits per heavy atom. The topological polar surface area (TPSA) is 254 Å². The van der Waals surface area contributed by atoms with Crippen LogP contribution in [0.4, 0.5) is 15.3 Å². The summed E-state index contributed by atoms with van der Waals surface area (Å²) in [4.78, 5) is 75.7. The molecule has 1 aliphatic heterocycles. The Bertz CT molecular complexity index is 1130. The third-order valence-corrected chi connectivity index (χ3v) is 5.69. The number of carbonyl (C=O) groups is 6. The van der Waals surface area contributed by atoms with Gasteiger partial charge in [-0.3, -0.25) is 9.59 Å². The smallest absolute Gasteiger partial charge is 0.326 e. The predicted octanol–water partition coefficient (Wildman–Crippen LogP) is 0.286. The molecule has 1 unspecified atom stereocenters. The van der Waals surface area contributed by atoms with Gasteiger partial charge in [0.15, 0.2) is 0 Å². The molecular formula is C22H28N8O9. The average Bonchev–Trinajstić information content (AvgIpc) is 2.90. The molecule has 210 valence electrons. The summed E-state index contributed by atoms with van der Waals surface area (Å²) in [5.74, 6) is -4.41. The quantitative estimate of drug-likeness (QED) is 0.119. The summed E-state index contributed by atoms with van der Waals surface area (Å²) in [6, 6.07) is 1.76. The third kappa shape index (κ3) is 10.1. The van der Waals surface area contributed by atoms with Crippen LogP contribution in [0, 0.1) is 0 Å². The number of benzene rings is 1. The van der Waals surface area contributed by atoms with Crippen LogP contribution in [-0.4, -0.2) is 106 Å². The van der Waals surface area contributed by atoms with Gasteiger partial charge in [0.05, 0.1) is 0 Å². The first kappa shape index (κ1) is 30.2. The van der Waals surface area contributed by atoms with Gasteiger partial charge in [0.1, 0.15) is 18.6 Å². The largest absolute Gasteiger partial charge is 0.481 e. The molecule has 1 aromatic carbocycles. The van der Waals surface area contributed by atoms with Crippen molar-refractivity contribution >= 4 is 41.6 Å². The van der Waals surface area contributed by atoms with Crippen LogP contribution in [0.25, 0.3) is 10.4 Å². The molecule has 2 atom stereocenters. The average molecular weight is 549 g/mol. The summed E-state index contributed by atoms with van der Waals surface area (Å²) in [6.07, 6.45) is -1.04. The van der Waals surface area contributed by atoms with Crippen LogP contribution in [0.15, 0.2) is 29.4 Å². The van der Waals surface area contributed by atoms with Crippen molar-refractivity contribution < 1.29 is 44.1 Å². The lowest BCUT2D eigenvalue weighted by Crippen LogP contribution is -2.52. The van der Waals surface area contributed by atoms with Gasteiger partial charge in [0.2, 0.25) is 5.91 Å². The van der Waals surface area contributed by atoms with Crippen molar-refractivity contribution in [2.24, 2.45) is 5.11 Å². The normalized spacial score (nSPS) is 14.3. The van der Waals surface area contributed by atoms with Crippen molar-refractivity contribution in [2.45, 2.75) is 31.3 Å². The molecule has 0 radical (unpaired) electrons. The Labute approximate surface area is 221 Å². The van der Waals surface area contributed by atoms with E-state index in [1.165, 1.54) is 21.9 Å². The minimum Gasteiger partial charge on any atom is -0.481 e. The maximum absolute atomic E-state index is 12.5. The fourth-order valence-electron chi connectivity index (χ4n) is 3.60. The summed E-state index contributed by atoms with van der Waals surface area (Å²) in [6.45, 7) is 0.845. The molecule has 17 heteroatoms. The number of amides is 5. The van der Waals surface area contributed by atoms with E-state index in [-0.39, 0.29) is 51.5 Å². The first-order valence-electron chi connectivity index (χ1n) is 11.7. The molecule has 0 spiro atoms. The van der Waals surface area contributed by atoms with E-state index >= 15 is 0 Å². The summed E-state index contributed by atoms with van der Waals surface area (Å²) in [5.41, 5.74) is 9.23. The SMILES string of the molecule is [N-]=[N+]=NCC(=O)N1CCN(C(=O)Nc2ccc(C[C@H](NC(=O)NC(CCC(=O)O)C(=O)O)C(=O)O)cc2)CC1. The number of azide groups is 1. The lowest BCUT2D eigenvalue weighted by molar-refractivity contribution is -0.140. The van der Waals surface area contributed by atoms with Crippen molar-refractivity contribution in [3.8, 4) is 0 Å². The number of hydrogen-bond acceptors (Lipinski definition) is 7. The molecule has 1 heterocycles. The summed E-state index contributed by atoms with van der Waals surface area (Å²) >= 11 is 0. The van der Waals surface area contributed by atoms with Crippen molar-refractivity contribution in [3.63, 3.8) is 0 Å². The molecule has 0 aromatic heterocycles. The van der Waals surface area contributed by atoms with Gasteiger partial charge >= 0.3 is 30.0 Å². The van der Waals surface area contributed by atoms with E-state index in [1.54, 1.807) is 12.1 Å². The lowest BCUT2D eigenvalue weighted by Gasteiger charge is -2.34. The van der Waals surface area contributed by atoms with Gasteiger partial charge in [0, 0.05) is 49.6 Å². The number of nitrogens with zero attached hydrogens (tertiary/aromatic N) is 5. The van der Waals surface area contributed by atoms with Crippen LogP contribution < -0.4 is 16.0 Å². The Kier molecular flexibility index (Phi) is 11.3. The highest BCUT2D eigenvalue weighted by Crippen LogP contribution is 2.13. The Balaban J connectivity index is 1.88. The first-order chi connectivity index (χ1) is 18.5. The number of rotatable bonds is 12. The fourth-order valence-corrected chi connectivity index (χ4v) is 3.60. The van der Waals surface area contributed by atoms with Crippen molar-refractivity contribution in [1.29, 1.82) is 0 Å². The van der Waals surface area contributed by atoms with Gasteiger partial charge in [0.25, 0.3) is 0 Å². The van der Waals surface area contributed by atoms with Crippen molar-refractivity contribution in [3.05, 3.63) is 40.3 Å². The number of aliphatic carboxylic acids is 3. The van der Waals surface area contributed by atoms with Crippen LogP contribution >= 0.6 is 0 Å². The second kappa shape index (κ2) is 14.6. The maximum Gasteiger partial charge on any atom is 0.326 e. The predicted molar refractivity (Wildman–Crippen MR) is 133 cm³/mol. The molecule has 0 bridgehead atoms. The van der Waals surface area contributed by atoms with E-state index in [2.05, 4.69) is 26.0 Å². The van der Waals surface area contributed by atoms with Gasteiger partial charge in [-0.15, -0.1) is 0 Å². The molecular weight excluding hydrogens is 520 g/mol. The summed E-state index contributed by atoms with van der Waals surface area (Å²) in [7, 11) is 0. The molecule has 17 nitrogen and oxygen atoms in total. The highest BCUT2D eigenvalue weighted by atomic mass is 16.4. The van der Waals surface area contributed by atoms with Gasteiger partial charge in [-0.05, 0) is 29.6 Å². The molecule has 1 saturated heterocycles. The Morgan fingerprint density at radius 2 is 1.46 bits per heavy atom. The maximum atomic E-state index is 12.5. The van der Waals surface area contributed by atoms with Gasteiger partial charge in [-0.2, -0.15) is 0 Å². The standard InChI is InChI=1S/C22H28N8O9/c23-28-24-12-17(31)29-7-9-30(10-8-29)22(39)25-14-3-1-13(2-4-14)11-16(20(36)37)27-21(38)26-15(19(34)35)5-6-18(32)33/h1-4,15-16H,5-12H2,(H,25,39)(H,32,33)(H,34,35)(H,36,37)(H2,26,27,38)/t15?,16-/m0/s1. The molecule has 2 rings (SSSR count).